The Morgan fingerprint density at radius 3 is 2.60 bits per heavy atom. The van der Waals surface area contributed by atoms with Crippen LogP contribution < -0.4 is 5.32 Å². The largest absolute Gasteiger partial charge is 0.370 e. The minimum absolute atomic E-state index is 0.0584. The Balaban J connectivity index is 1.91. The van der Waals surface area contributed by atoms with Gasteiger partial charge in [0.25, 0.3) is 5.91 Å². The lowest BCUT2D eigenvalue weighted by molar-refractivity contribution is 0.0154. The molecule has 2 heterocycles. The van der Waals surface area contributed by atoms with Crippen molar-refractivity contribution >= 4 is 5.91 Å². The van der Waals surface area contributed by atoms with Crippen molar-refractivity contribution in [3.8, 4) is 0 Å². The van der Waals surface area contributed by atoms with E-state index < -0.39 is 0 Å². The summed E-state index contributed by atoms with van der Waals surface area (Å²) >= 11 is 0. The van der Waals surface area contributed by atoms with Crippen LogP contribution in [-0.2, 0) is 11.3 Å². The Bertz CT molecular complexity index is 689. The summed E-state index contributed by atoms with van der Waals surface area (Å²) in [5.41, 5.74) is 2.35. The number of rotatable bonds is 8. The van der Waals surface area contributed by atoms with Crippen LogP contribution >= 0.6 is 0 Å². The van der Waals surface area contributed by atoms with Crippen molar-refractivity contribution in [1.82, 2.24) is 25.3 Å². The van der Waals surface area contributed by atoms with Gasteiger partial charge in [0.05, 0.1) is 30.6 Å². The predicted octanol–water partition coefficient (Wildman–Crippen LogP) is 3.03. The van der Waals surface area contributed by atoms with Crippen molar-refractivity contribution in [2.75, 3.05) is 0 Å². The van der Waals surface area contributed by atoms with E-state index in [-0.39, 0.29) is 24.2 Å². The fraction of sp³-hybridized carbons (Fsp3) is 0.611. The van der Waals surface area contributed by atoms with E-state index in [9.17, 15) is 4.79 Å². The summed E-state index contributed by atoms with van der Waals surface area (Å²) in [6.07, 6.45) is 3.87. The zero-order valence-electron chi connectivity index (χ0n) is 15.9. The van der Waals surface area contributed by atoms with Crippen molar-refractivity contribution in [1.29, 1.82) is 0 Å². The molecule has 0 bridgehead atoms. The number of carbonyl (C=O) groups excluding carboxylic acids is 1. The van der Waals surface area contributed by atoms with Crippen LogP contribution in [-0.4, -0.2) is 38.0 Å². The Labute approximate surface area is 149 Å². The molecule has 2 unspecified atom stereocenters. The van der Waals surface area contributed by atoms with Crippen LogP contribution in [0.4, 0.5) is 0 Å². The summed E-state index contributed by atoms with van der Waals surface area (Å²) < 4.78 is 7.55. The Kier molecular flexibility index (Phi) is 6.36. The number of H-pyrrole nitrogens is 1. The van der Waals surface area contributed by atoms with Crippen LogP contribution in [0.5, 0.6) is 0 Å². The minimum atomic E-state index is -0.206. The molecule has 0 aromatic carbocycles. The topological polar surface area (TPSA) is 84.8 Å². The average molecular weight is 347 g/mol. The molecule has 0 aliphatic rings. The summed E-state index contributed by atoms with van der Waals surface area (Å²) in [7, 11) is 0. The van der Waals surface area contributed by atoms with E-state index in [1.807, 2.05) is 44.8 Å². The molecule has 7 nitrogen and oxygen atoms in total. The maximum Gasteiger partial charge on any atom is 0.272 e. The summed E-state index contributed by atoms with van der Waals surface area (Å²) in [5.74, 6) is 0.235. The van der Waals surface area contributed by atoms with E-state index in [1.54, 1.807) is 6.07 Å². The molecule has 2 atom stereocenters. The highest BCUT2D eigenvalue weighted by Crippen LogP contribution is 2.17. The lowest BCUT2D eigenvalue weighted by atomic mass is 10.1. The molecular formula is C18H29N5O2. The maximum absolute atomic E-state index is 12.4. The van der Waals surface area contributed by atoms with E-state index in [2.05, 4.69) is 34.5 Å². The monoisotopic (exact) mass is 347 g/mol. The van der Waals surface area contributed by atoms with Crippen LogP contribution in [0.25, 0.3) is 0 Å². The molecule has 0 saturated carbocycles. The molecule has 2 aromatic rings. The fourth-order valence-corrected chi connectivity index (χ4v) is 2.54. The third-order valence-electron chi connectivity index (χ3n) is 3.90. The van der Waals surface area contributed by atoms with Gasteiger partial charge in [0.1, 0.15) is 5.69 Å². The smallest absolute Gasteiger partial charge is 0.272 e. The number of ether oxygens (including phenoxy) is 1. The van der Waals surface area contributed by atoms with Gasteiger partial charge >= 0.3 is 0 Å². The molecule has 2 N–H and O–H groups in total. The Morgan fingerprint density at radius 1 is 1.28 bits per heavy atom. The second kappa shape index (κ2) is 8.29. The Morgan fingerprint density at radius 2 is 2.00 bits per heavy atom. The average Bonchev–Trinajstić information content (AvgIpc) is 3.15. The van der Waals surface area contributed by atoms with Gasteiger partial charge in [0.15, 0.2) is 0 Å². The third-order valence-corrected chi connectivity index (χ3v) is 3.90. The number of aromatic nitrogens is 4. The SMILES string of the molecule is CC(Cn1cc(C(C)C)cn1)NC(=O)c1cc(C(C)OC(C)C)[nH]n1. The third kappa shape index (κ3) is 5.42. The van der Waals surface area contributed by atoms with E-state index in [4.69, 9.17) is 4.74 Å². The molecule has 0 radical (unpaired) electrons. The van der Waals surface area contributed by atoms with E-state index in [1.165, 1.54) is 5.56 Å². The molecule has 0 saturated heterocycles. The highest BCUT2D eigenvalue weighted by molar-refractivity contribution is 5.92. The summed E-state index contributed by atoms with van der Waals surface area (Å²) in [6.45, 7) is 12.7. The normalized spacial score (nSPS) is 14.1. The number of hydrogen-bond donors (Lipinski definition) is 2. The molecule has 0 spiro atoms. The quantitative estimate of drug-likeness (QED) is 0.769. The van der Waals surface area contributed by atoms with Gasteiger partial charge in [0.2, 0.25) is 0 Å². The Hall–Kier alpha value is -2.15. The molecular weight excluding hydrogens is 318 g/mol. The predicted molar refractivity (Wildman–Crippen MR) is 96.5 cm³/mol. The highest BCUT2D eigenvalue weighted by atomic mass is 16.5. The number of nitrogens with one attached hydrogen (secondary N) is 2. The second-order valence-electron chi connectivity index (χ2n) is 7.06. The molecule has 0 fully saturated rings. The number of nitrogens with zero attached hydrogens (tertiary/aromatic N) is 3. The highest BCUT2D eigenvalue weighted by Gasteiger charge is 2.17. The van der Waals surface area contributed by atoms with Crippen LogP contribution in [0.3, 0.4) is 0 Å². The first-order valence-electron chi connectivity index (χ1n) is 8.80. The molecule has 2 aromatic heterocycles. The zero-order chi connectivity index (χ0) is 18.6. The number of amides is 1. The molecule has 138 valence electrons. The van der Waals surface area contributed by atoms with Gasteiger partial charge in [-0.25, -0.2) is 0 Å². The van der Waals surface area contributed by atoms with Crippen LogP contribution in [0, 0.1) is 0 Å². The van der Waals surface area contributed by atoms with E-state index in [0.717, 1.165) is 5.69 Å². The van der Waals surface area contributed by atoms with Crippen molar-refractivity contribution in [3.05, 3.63) is 35.4 Å². The molecule has 7 heteroatoms. The van der Waals surface area contributed by atoms with Crippen LogP contribution in [0.15, 0.2) is 18.5 Å². The fourth-order valence-electron chi connectivity index (χ4n) is 2.54. The van der Waals surface area contributed by atoms with Crippen molar-refractivity contribution in [2.24, 2.45) is 0 Å². The van der Waals surface area contributed by atoms with Crippen molar-refractivity contribution in [2.45, 2.75) is 72.3 Å². The van der Waals surface area contributed by atoms with Gasteiger partial charge in [0, 0.05) is 12.2 Å². The van der Waals surface area contributed by atoms with Gasteiger partial charge < -0.3 is 10.1 Å². The van der Waals surface area contributed by atoms with E-state index >= 15 is 0 Å². The number of carbonyl (C=O) groups is 1. The molecule has 25 heavy (non-hydrogen) atoms. The number of hydrogen-bond acceptors (Lipinski definition) is 4. The lowest BCUT2D eigenvalue weighted by Crippen LogP contribution is -2.36. The first kappa shape index (κ1) is 19.2. The number of aromatic amines is 1. The van der Waals surface area contributed by atoms with Crippen LogP contribution in [0.2, 0.25) is 0 Å². The molecule has 2 rings (SSSR count). The first-order chi connectivity index (χ1) is 11.8. The first-order valence-corrected chi connectivity index (χ1v) is 8.80. The van der Waals surface area contributed by atoms with Gasteiger partial charge in [-0.1, -0.05) is 13.8 Å². The van der Waals surface area contributed by atoms with Gasteiger partial charge in [-0.15, -0.1) is 0 Å². The van der Waals surface area contributed by atoms with Crippen molar-refractivity contribution in [3.63, 3.8) is 0 Å². The van der Waals surface area contributed by atoms with Gasteiger partial charge in [-0.05, 0) is 45.2 Å². The molecule has 0 aliphatic heterocycles. The summed E-state index contributed by atoms with van der Waals surface area (Å²) in [6, 6.07) is 1.68. The minimum Gasteiger partial charge on any atom is -0.370 e. The standard InChI is InChI=1S/C18H29N5O2/c1-11(2)15-8-19-23(10-15)9-13(5)20-18(24)17-7-16(21-22-17)14(6)25-12(3)4/h7-8,10-14H,9H2,1-6H3,(H,20,24)(H,21,22). The molecule has 1 amide bonds. The summed E-state index contributed by atoms with van der Waals surface area (Å²) in [4.78, 5) is 12.4. The van der Waals surface area contributed by atoms with Gasteiger partial charge in [-0.3, -0.25) is 14.6 Å². The van der Waals surface area contributed by atoms with Crippen LogP contribution in [0.1, 0.15) is 75.3 Å². The van der Waals surface area contributed by atoms with E-state index in [0.29, 0.717) is 18.2 Å². The molecule has 0 aliphatic carbocycles. The zero-order valence-corrected chi connectivity index (χ0v) is 15.9. The second-order valence-corrected chi connectivity index (χ2v) is 7.06. The lowest BCUT2D eigenvalue weighted by Gasteiger charge is -2.14. The van der Waals surface area contributed by atoms with Gasteiger partial charge in [-0.2, -0.15) is 10.2 Å². The summed E-state index contributed by atoms with van der Waals surface area (Å²) in [5, 5.41) is 14.3. The maximum atomic E-state index is 12.4. The van der Waals surface area contributed by atoms with Crippen molar-refractivity contribution < 1.29 is 9.53 Å².